The highest BCUT2D eigenvalue weighted by Gasteiger charge is 2.26. The molecule has 1 aliphatic heterocycles. The maximum Gasteiger partial charge on any atom is 0.263 e. The Bertz CT molecular complexity index is 1210. The minimum atomic E-state index is -0.151. The first-order valence-corrected chi connectivity index (χ1v) is 13.7. The van der Waals surface area contributed by atoms with Crippen molar-refractivity contribution in [1.82, 2.24) is 14.5 Å². The van der Waals surface area contributed by atoms with Gasteiger partial charge in [-0.2, -0.15) is 0 Å². The predicted molar refractivity (Wildman–Crippen MR) is 130 cm³/mol. The number of hydrogen-bond acceptors (Lipinski definition) is 8. The van der Waals surface area contributed by atoms with Crippen LogP contribution >= 0.6 is 34.4 Å². The van der Waals surface area contributed by atoms with Gasteiger partial charge in [-0.1, -0.05) is 18.7 Å². The largest absolute Gasteiger partial charge is 0.376 e. The molecule has 0 spiro atoms. The number of thiophene rings is 1. The van der Waals surface area contributed by atoms with Crippen LogP contribution < -0.4 is 10.9 Å². The summed E-state index contributed by atoms with van der Waals surface area (Å²) in [6.07, 6.45) is 5.04. The summed E-state index contributed by atoms with van der Waals surface area (Å²) in [6, 6.07) is 0. The third-order valence-corrected chi connectivity index (χ3v) is 8.99. The van der Waals surface area contributed by atoms with Gasteiger partial charge in [0.2, 0.25) is 5.91 Å². The predicted octanol–water partition coefficient (Wildman–Crippen LogP) is 4.26. The van der Waals surface area contributed by atoms with Gasteiger partial charge in [-0.05, 0) is 50.5 Å². The highest BCUT2D eigenvalue weighted by atomic mass is 32.2. The van der Waals surface area contributed by atoms with Crippen LogP contribution in [0.5, 0.6) is 0 Å². The summed E-state index contributed by atoms with van der Waals surface area (Å²) in [4.78, 5) is 37.4. The Morgan fingerprint density at radius 3 is 3.00 bits per heavy atom. The Labute approximate surface area is 198 Å². The molecule has 1 fully saturated rings. The second-order valence-corrected chi connectivity index (χ2v) is 11.5. The van der Waals surface area contributed by atoms with E-state index in [9.17, 15) is 9.59 Å². The van der Waals surface area contributed by atoms with Crippen LogP contribution in [0, 0.1) is 12.8 Å². The van der Waals surface area contributed by atoms with Crippen molar-refractivity contribution in [2.45, 2.75) is 63.8 Å². The molecule has 1 N–H and O–H groups in total. The molecule has 10 heteroatoms. The number of rotatable bonds is 6. The minimum Gasteiger partial charge on any atom is -0.376 e. The van der Waals surface area contributed by atoms with Crippen LogP contribution in [0.15, 0.2) is 15.3 Å². The van der Waals surface area contributed by atoms with Gasteiger partial charge in [0.25, 0.3) is 5.56 Å². The van der Waals surface area contributed by atoms with Crippen molar-refractivity contribution in [3.05, 3.63) is 31.9 Å². The number of aryl methyl sites for hydroxylation is 2. The number of thioether (sulfide) groups is 1. The third-order valence-electron chi connectivity index (χ3n) is 5.99. The fourth-order valence-corrected chi connectivity index (χ4v) is 7.30. The van der Waals surface area contributed by atoms with Crippen molar-refractivity contribution in [3.8, 4) is 0 Å². The van der Waals surface area contributed by atoms with E-state index in [-0.39, 0.29) is 23.3 Å². The van der Waals surface area contributed by atoms with Crippen LogP contribution in [0.3, 0.4) is 0 Å². The summed E-state index contributed by atoms with van der Waals surface area (Å²) in [6.45, 7) is 5.38. The Morgan fingerprint density at radius 2 is 2.25 bits per heavy atom. The van der Waals surface area contributed by atoms with Gasteiger partial charge in [0.15, 0.2) is 10.3 Å². The molecule has 0 bridgehead atoms. The van der Waals surface area contributed by atoms with Crippen LogP contribution in [-0.2, 0) is 28.9 Å². The van der Waals surface area contributed by atoms with Crippen molar-refractivity contribution in [2.75, 3.05) is 17.7 Å². The number of carbonyl (C=O) groups excluding carboxylic acids is 1. The van der Waals surface area contributed by atoms with Crippen LogP contribution in [0.25, 0.3) is 10.2 Å². The molecule has 4 heterocycles. The second kappa shape index (κ2) is 9.24. The first-order chi connectivity index (χ1) is 15.5. The van der Waals surface area contributed by atoms with Crippen molar-refractivity contribution in [3.63, 3.8) is 0 Å². The van der Waals surface area contributed by atoms with Gasteiger partial charge in [-0.3, -0.25) is 14.2 Å². The van der Waals surface area contributed by atoms with Crippen LogP contribution in [0.4, 0.5) is 5.13 Å². The molecular weight excluding hydrogens is 464 g/mol. The highest BCUT2D eigenvalue weighted by Crippen LogP contribution is 2.36. The van der Waals surface area contributed by atoms with E-state index in [1.54, 1.807) is 15.9 Å². The summed E-state index contributed by atoms with van der Waals surface area (Å²) in [5.41, 5.74) is 2.08. The molecule has 2 unspecified atom stereocenters. The average Bonchev–Trinajstić information content (AvgIpc) is 3.48. The number of anilines is 1. The lowest BCUT2D eigenvalue weighted by Gasteiger charge is -2.18. The Balaban J connectivity index is 1.45. The maximum absolute atomic E-state index is 13.6. The van der Waals surface area contributed by atoms with E-state index >= 15 is 0 Å². The zero-order valence-corrected chi connectivity index (χ0v) is 20.6. The van der Waals surface area contributed by atoms with Gasteiger partial charge >= 0.3 is 0 Å². The molecule has 1 amide bonds. The lowest BCUT2D eigenvalue weighted by molar-refractivity contribution is -0.113. The Morgan fingerprint density at radius 1 is 1.38 bits per heavy atom. The quantitative estimate of drug-likeness (QED) is 0.411. The first kappa shape index (κ1) is 22.1. The van der Waals surface area contributed by atoms with E-state index < -0.39 is 0 Å². The molecule has 2 atom stereocenters. The standard InChI is InChI=1S/C22H26N4O3S3/c1-12-5-6-15-16(8-12)32-19-18(15)20(28)26(9-14-4-3-7-29-14)22(25-19)31-11-17(27)24-21-23-13(2)10-30-21/h10,12,14H,3-9,11H2,1-2H3,(H,23,24,27). The number of nitrogens with zero attached hydrogens (tertiary/aromatic N) is 3. The zero-order valence-electron chi connectivity index (χ0n) is 18.2. The topological polar surface area (TPSA) is 86.1 Å². The number of carbonyl (C=O) groups is 1. The molecule has 32 heavy (non-hydrogen) atoms. The Hall–Kier alpha value is -1.75. The highest BCUT2D eigenvalue weighted by molar-refractivity contribution is 7.99. The fraction of sp³-hybridized carbons (Fsp3) is 0.545. The van der Waals surface area contributed by atoms with Gasteiger partial charge in [0, 0.05) is 16.9 Å². The van der Waals surface area contributed by atoms with Gasteiger partial charge in [-0.15, -0.1) is 22.7 Å². The SMILES string of the molecule is Cc1csc(NC(=O)CSc2nc3sc4c(c3c(=O)n2CC2CCCO2)CCC(C)C4)n1. The number of nitrogens with one attached hydrogen (secondary N) is 1. The molecule has 170 valence electrons. The summed E-state index contributed by atoms with van der Waals surface area (Å²) in [5.74, 6) is 0.655. The maximum atomic E-state index is 13.6. The molecule has 0 aromatic carbocycles. The summed E-state index contributed by atoms with van der Waals surface area (Å²) >= 11 is 4.36. The molecule has 1 aliphatic carbocycles. The molecule has 0 saturated carbocycles. The van der Waals surface area contributed by atoms with Gasteiger partial charge < -0.3 is 10.1 Å². The van der Waals surface area contributed by atoms with E-state index in [2.05, 4.69) is 17.2 Å². The van der Waals surface area contributed by atoms with Crippen LogP contribution in [0.2, 0.25) is 0 Å². The lowest BCUT2D eigenvalue weighted by atomic mass is 9.89. The third kappa shape index (κ3) is 4.50. The number of thiazole rings is 1. The number of fused-ring (bicyclic) bond motifs is 3. The van der Waals surface area contributed by atoms with Gasteiger partial charge in [-0.25, -0.2) is 9.97 Å². The zero-order chi connectivity index (χ0) is 22.2. The number of aromatic nitrogens is 3. The van der Waals surface area contributed by atoms with Gasteiger partial charge in [0.05, 0.1) is 29.5 Å². The van der Waals surface area contributed by atoms with Crippen molar-refractivity contribution in [1.29, 1.82) is 0 Å². The molecule has 3 aromatic heterocycles. The molecular formula is C22H26N4O3S3. The summed E-state index contributed by atoms with van der Waals surface area (Å²) in [7, 11) is 0. The molecule has 5 rings (SSSR count). The lowest BCUT2D eigenvalue weighted by Crippen LogP contribution is -2.29. The summed E-state index contributed by atoms with van der Waals surface area (Å²) in [5, 5.41) is 6.70. The molecule has 2 aliphatic rings. The molecule has 7 nitrogen and oxygen atoms in total. The average molecular weight is 491 g/mol. The van der Waals surface area contributed by atoms with Crippen LogP contribution in [-0.4, -0.2) is 38.9 Å². The van der Waals surface area contributed by atoms with Crippen molar-refractivity contribution < 1.29 is 9.53 Å². The molecule has 3 aromatic rings. The smallest absolute Gasteiger partial charge is 0.263 e. The van der Waals surface area contributed by atoms with Crippen LogP contribution in [0.1, 0.15) is 42.3 Å². The van der Waals surface area contributed by atoms with E-state index in [0.717, 1.165) is 54.6 Å². The number of amides is 1. The van der Waals surface area contributed by atoms with E-state index in [0.29, 0.717) is 22.8 Å². The number of ether oxygens (including phenoxy) is 1. The van der Waals surface area contributed by atoms with Gasteiger partial charge in [0.1, 0.15) is 4.83 Å². The van der Waals surface area contributed by atoms with E-state index in [1.807, 2.05) is 12.3 Å². The van der Waals surface area contributed by atoms with Crippen molar-refractivity contribution >= 4 is 55.7 Å². The second-order valence-electron chi connectivity index (χ2n) is 8.61. The van der Waals surface area contributed by atoms with E-state index in [4.69, 9.17) is 9.72 Å². The monoisotopic (exact) mass is 490 g/mol. The normalized spacial score (nSPS) is 20.6. The molecule has 1 saturated heterocycles. The number of hydrogen-bond donors (Lipinski definition) is 1. The van der Waals surface area contributed by atoms with E-state index in [1.165, 1.54) is 33.5 Å². The van der Waals surface area contributed by atoms with Crippen molar-refractivity contribution in [2.24, 2.45) is 5.92 Å². The first-order valence-electron chi connectivity index (χ1n) is 11.0. The Kier molecular flexibility index (Phi) is 6.37. The molecule has 0 radical (unpaired) electrons. The fourth-order valence-electron chi connectivity index (χ4n) is 4.36. The minimum absolute atomic E-state index is 0.0102. The summed E-state index contributed by atoms with van der Waals surface area (Å²) < 4.78 is 7.56.